The lowest BCUT2D eigenvalue weighted by molar-refractivity contribution is -0.176. The van der Waals surface area contributed by atoms with Crippen molar-refractivity contribution in [3.8, 4) is 0 Å². The van der Waals surface area contributed by atoms with E-state index in [1.807, 2.05) is 23.1 Å². The van der Waals surface area contributed by atoms with Crippen LogP contribution in [0, 0.1) is 11.8 Å². The van der Waals surface area contributed by atoms with Gasteiger partial charge in [-0.15, -0.1) is 0 Å². The van der Waals surface area contributed by atoms with Crippen molar-refractivity contribution in [1.82, 2.24) is 19.8 Å². The molecule has 0 radical (unpaired) electrons. The molecule has 2 aliphatic heterocycles. The van der Waals surface area contributed by atoms with E-state index in [0.29, 0.717) is 24.8 Å². The van der Waals surface area contributed by atoms with Crippen molar-refractivity contribution in [3.05, 3.63) is 42.5 Å². The van der Waals surface area contributed by atoms with Crippen molar-refractivity contribution in [1.29, 1.82) is 0 Å². The Kier molecular flexibility index (Phi) is 8.81. The minimum Gasteiger partial charge on any atom is -0.396 e. The first-order valence-electron chi connectivity index (χ1n) is 10.8. The molecule has 31 heavy (non-hydrogen) atoms. The minimum atomic E-state index is 0.0563. The van der Waals surface area contributed by atoms with Gasteiger partial charge in [0.2, 0.25) is 5.91 Å². The summed E-state index contributed by atoms with van der Waals surface area (Å²) < 4.78 is 12.6. The monoisotopic (exact) mass is 431 g/mol. The summed E-state index contributed by atoms with van der Waals surface area (Å²) in [7, 11) is 3.13. The summed E-state index contributed by atoms with van der Waals surface area (Å²) in [5.74, 6) is 0.654. The summed E-state index contributed by atoms with van der Waals surface area (Å²) in [6, 6.07) is 4.26. The van der Waals surface area contributed by atoms with Gasteiger partial charge in [0.1, 0.15) is 0 Å². The smallest absolute Gasteiger partial charge is 0.249 e. The molecule has 4 rings (SSSR count). The van der Waals surface area contributed by atoms with E-state index in [1.54, 1.807) is 19.4 Å². The molecule has 1 unspecified atom stereocenters. The van der Waals surface area contributed by atoms with E-state index < -0.39 is 0 Å². The molecule has 0 saturated carbocycles. The SMILES string of the molecule is CON(C)C(=O)C1CCOCC1.Nc1cnn(C(c2cccnc2)C2CCOCC2)c1. The summed E-state index contributed by atoms with van der Waals surface area (Å²) in [4.78, 5) is 20.5. The van der Waals surface area contributed by atoms with Crippen LogP contribution in [0.4, 0.5) is 5.69 Å². The van der Waals surface area contributed by atoms with Gasteiger partial charge in [0.15, 0.2) is 0 Å². The number of aromatic nitrogens is 3. The van der Waals surface area contributed by atoms with Crippen LogP contribution in [0.2, 0.25) is 0 Å². The molecule has 2 fully saturated rings. The second kappa shape index (κ2) is 11.8. The molecule has 9 heteroatoms. The predicted octanol–water partition coefficient (Wildman–Crippen LogP) is 2.31. The van der Waals surface area contributed by atoms with Crippen LogP contribution < -0.4 is 5.73 Å². The van der Waals surface area contributed by atoms with E-state index in [2.05, 4.69) is 16.1 Å². The van der Waals surface area contributed by atoms with E-state index in [9.17, 15) is 4.79 Å². The average Bonchev–Trinajstić information content (AvgIpc) is 3.26. The zero-order valence-electron chi connectivity index (χ0n) is 18.4. The fourth-order valence-corrected chi connectivity index (χ4v) is 4.02. The number of ether oxygens (including phenoxy) is 2. The van der Waals surface area contributed by atoms with Crippen LogP contribution in [-0.4, -0.2) is 66.3 Å². The van der Waals surface area contributed by atoms with E-state index in [1.165, 1.54) is 17.7 Å². The van der Waals surface area contributed by atoms with Gasteiger partial charge in [-0.3, -0.25) is 19.3 Å². The molecule has 0 aromatic carbocycles. The number of nitrogens with two attached hydrogens (primary N) is 1. The van der Waals surface area contributed by atoms with Crippen LogP contribution in [0.15, 0.2) is 36.9 Å². The number of pyridine rings is 1. The van der Waals surface area contributed by atoms with Crippen LogP contribution >= 0.6 is 0 Å². The summed E-state index contributed by atoms with van der Waals surface area (Å²) in [5.41, 5.74) is 7.67. The molecular formula is C22H33N5O4. The number of hydrogen-bond acceptors (Lipinski definition) is 7. The lowest BCUT2D eigenvalue weighted by Gasteiger charge is -2.30. The zero-order valence-corrected chi connectivity index (χ0v) is 18.4. The van der Waals surface area contributed by atoms with Crippen molar-refractivity contribution in [2.24, 2.45) is 11.8 Å². The van der Waals surface area contributed by atoms with Gasteiger partial charge < -0.3 is 15.2 Å². The molecule has 9 nitrogen and oxygen atoms in total. The normalized spacial score (nSPS) is 18.6. The molecule has 170 valence electrons. The highest BCUT2D eigenvalue weighted by atomic mass is 16.7. The number of hydroxylamine groups is 2. The molecular weight excluding hydrogens is 398 g/mol. The Hall–Kier alpha value is -2.49. The lowest BCUT2D eigenvalue weighted by Crippen LogP contribution is -2.35. The summed E-state index contributed by atoms with van der Waals surface area (Å²) in [6.45, 7) is 3.01. The Balaban J connectivity index is 0.000000196. The second-order valence-electron chi connectivity index (χ2n) is 7.84. The quantitative estimate of drug-likeness (QED) is 0.724. The van der Waals surface area contributed by atoms with E-state index in [4.69, 9.17) is 20.0 Å². The Bertz CT molecular complexity index is 788. The van der Waals surface area contributed by atoms with Gasteiger partial charge in [0.25, 0.3) is 0 Å². The van der Waals surface area contributed by atoms with Crippen LogP contribution in [0.1, 0.15) is 37.3 Å². The van der Waals surface area contributed by atoms with Gasteiger partial charge in [-0.2, -0.15) is 5.10 Å². The topological polar surface area (TPSA) is 105 Å². The average molecular weight is 432 g/mol. The first-order chi connectivity index (χ1) is 15.1. The first kappa shape index (κ1) is 23.2. The third-order valence-corrected chi connectivity index (χ3v) is 5.80. The fraction of sp³-hybridized carbons (Fsp3) is 0.591. The summed E-state index contributed by atoms with van der Waals surface area (Å²) >= 11 is 0. The predicted molar refractivity (Wildman–Crippen MR) is 116 cm³/mol. The van der Waals surface area contributed by atoms with Gasteiger partial charge >= 0.3 is 0 Å². The summed E-state index contributed by atoms with van der Waals surface area (Å²) in [6.07, 6.45) is 11.0. The third-order valence-electron chi connectivity index (χ3n) is 5.80. The maximum absolute atomic E-state index is 11.5. The highest BCUT2D eigenvalue weighted by Gasteiger charge is 2.28. The van der Waals surface area contributed by atoms with Crippen molar-refractivity contribution in [2.45, 2.75) is 31.7 Å². The number of amides is 1. The Morgan fingerprint density at radius 2 is 1.87 bits per heavy atom. The molecule has 0 bridgehead atoms. The molecule has 2 saturated heterocycles. The number of carbonyl (C=O) groups excluding carboxylic acids is 1. The standard InChI is InChI=1S/C14H18N4O.C8H15NO3/c15-13-9-17-18(10-13)14(11-3-6-19-7-4-11)12-2-1-5-16-8-12;1-9(11-2)8(10)7-3-5-12-6-4-7/h1-2,5,8-11,14H,3-4,6-7,15H2;7H,3-6H2,1-2H3. The number of rotatable bonds is 5. The Morgan fingerprint density at radius 3 is 2.42 bits per heavy atom. The molecule has 2 aliphatic rings. The van der Waals surface area contributed by atoms with Crippen molar-refractivity contribution < 1.29 is 19.1 Å². The highest BCUT2D eigenvalue weighted by Crippen LogP contribution is 2.33. The molecule has 1 amide bonds. The minimum absolute atomic E-state index is 0.0563. The van der Waals surface area contributed by atoms with E-state index in [0.717, 1.165) is 38.9 Å². The van der Waals surface area contributed by atoms with Gasteiger partial charge in [0, 0.05) is 58.0 Å². The van der Waals surface area contributed by atoms with E-state index in [-0.39, 0.29) is 17.9 Å². The third kappa shape index (κ3) is 6.49. The van der Waals surface area contributed by atoms with Crippen molar-refractivity contribution in [3.63, 3.8) is 0 Å². The fourth-order valence-electron chi connectivity index (χ4n) is 4.02. The molecule has 2 aromatic rings. The molecule has 2 aromatic heterocycles. The molecule has 1 atom stereocenters. The number of nitrogen functional groups attached to an aromatic ring is 1. The maximum Gasteiger partial charge on any atom is 0.249 e. The Labute approximate surface area is 183 Å². The molecule has 2 N–H and O–H groups in total. The lowest BCUT2D eigenvalue weighted by atomic mass is 9.88. The second-order valence-corrected chi connectivity index (χ2v) is 7.84. The van der Waals surface area contributed by atoms with Crippen LogP contribution in [0.5, 0.6) is 0 Å². The van der Waals surface area contributed by atoms with E-state index >= 15 is 0 Å². The van der Waals surface area contributed by atoms with Gasteiger partial charge in [-0.1, -0.05) is 6.07 Å². The zero-order chi connectivity index (χ0) is 22.1. The molecule has 0 aliphatic carbocycles. The maximum atomic E-state index is 11.5. The Morgan fingerprint density at radius 1 is 1.19 bits per heavy atom. The molecule has 4 heterocycles. The van der Waals surface area contributed by atoms with Crippen LogP contribution in [-0.2, 0) is 19.1 Å². The van der Waals surface area contributed by atoms with Crippen molar-refractivity contribution in [2.75, 3.05) is 46.3 Å². The van der Waals surface area contributed by atoms with Gasteiger partial charge in [-0.25, -0.2) is 5.06 Å². The number of carbonyl (C=O) groups is 1. The molecule has 0 spiro atoms. The summed E-state index contributed by atoms with van der Waals surface area (Å²) in [5, 5.41) is 5.68. The first-order valence-corrected chi connectivity index (χ1v) is 10.8. The van der Waals surface area contributed by atoms with Gasteiger partial charge in [-0.05, 0) is 43.2 Å². The largest absolute Gasteiger partial charge is 0.396 e. The number of nitrogens with zero attached hydrogens (tertiary/aromatic N) is 4. The van der Waals surface area contributed by atoms with Crippen molar-refractivity contribution >= 4 is 11.6 Å². The number of anilines is 1. The van der Waals surface area contributed by atoms with Gasteiger partial charge in [0.05, 0.1) is 25.0 Å². The van der Waals surface area contributed by atoms with Crippen LogP contribution in [0.3, 0.4) is 0 Å². The highest BCUT2D eigenvalue weighted by molar-refractivity contribution is 5.77. The van der Waals surface area contributed by atoms with Crippen LogP contribution in [0.25, 0.3) is 0 Å². The number of hydrogen-bond donors (Lipinski definition) is 1.